The fourth-order valence-electron chi connectivity index (χ4n) is 3.78. The average molecular weight is 383 g/mol. The monoisotopic (exact) mass is 383 g/mol. The number of hydrogen-bond acceptors (Lipinski definition) is 2. The smallest absolute Gasteiger partial charge is 0.280 e. The summed E-state index contributed by atoms with van der Waals surface area (Å²) in [6.07, 6.45) is 1.96. The second kappa shape index (κ2) is 7.21. The van der Waals surface area contributed by atoms with Gasteiger partial charge in [-0.15, -0.1) is 0 Å². The molecule has 1 aliphatic rings. The highest BCUT2D eigenvalue weighted by atomic mass is 16.2. The van der Waals surface area contributed by atoms with Gasteiger partial charge >= 0.3 is 0 Å². The molecule has 29 heavy (non-hydrogen) atoms. The van der Waals surface area contributed by atoms with Gasteiger partial charge in [0.25, 0.3) is 5.91 Å². The Bertz CT molecular complexity index is 1170. The number of nitrogens with zero attached hydrogens (tertiary/aromatic N) is 3. The maximum absolute atomic E-state index is 13.0. The predicted molar refractivity (Wildman–Crippen MR) is 120 cm³/mol. The largest absolute Gasteiger partial charge is 0.318 e. The van der Waals surface area contributed by atoms with Crippen molar-refractivity contribution < 1.29 is 4.79 Å². The number of rotatable bonds is 3. The van der Waals surface area contributed by atoms with Crippen molar-refractivity contribution in [2.45, 2.75) is 34.6 Å². The molecule has 4 nitrogen and oxygen atoms in total. The van der Waals surface area contributed by atoms with Crippen LogP contribution in [0.2, 0.25) is 0 Å². The summed E-state index contributed by atoms with van der Waals surface area (Å²) in [5, 5.41) is 5.96. The molecule has 0 radical (unpaired) electrons. The van der Waals surface area contributed by atoms with Crippen LogP contribution in [0.3, 0.4) is 0 Å². The molecule has 1 amide bonds. The number of aryl methyl sites for hydroxylation is 3. The van der Waals surface area contributed by atoms with Crippen LogP contribution in [0, 0.1) is 27.7 Å². The van der Waals surface area contributed by atoms with Crippen LogP contribution >= 0.6 is 0 Å². The number of hydrazone groups is 1. The minimum absolute atomic E-state index is 0.0929. The Morgan fingerprint density at radius 3 is 2.24 bits per heavy atom. The number of para-hydroxylation sites is 1. The van der Waals surface area contributed by atoms with Gasteiger partial charge in [0, 0.05) is 17.1 Å². The molecule has 2 aromatic carbocycles. The normalized spacial score (nSPS) is 15.3. The van der Waals surface area contributed by atoms with E-state index in [1.165, 1.54) is 16.1 Å². The number of carbonyl (C=O) groups is 1. The molecule has 0 unspecified atom stereocenters. The van der Waals surface area contributed by atoms with E-state index in [0.29, 0.717) is 5.57 Å². The first-order valence-electron chi connectivity index (χ1n) is 9.80. The minimum Gasteiger partial charge on any atom is -0.318 e. The molecule has 0 N–H and O–H groups in total. The van der Waals surface area contributed by atoms with E-state index in [2.05, 4.69) is 61.6 Å². The number of carbonyl (C=O) groups excluding carboxylic acids is 1. The third kappa shape index (κ3) is 3.31. The van der Waals surface area contributed by atoms with Crippen molar-refractivity contribution in [3.05, 3.63) is 88.2 Å². The zero-order chi connectivity index (χ0) is 20.7. The highest BCUT2D eigenvalue weighted by molar-refractivity contribution is 6.32. The van der Waals surface area contributed by atoms with Crippen molar-refractivity contribution in [3.8, 4) is 5.69 Å². The second-order valence-corrected chi connectivity index (χ2v) is 7.63. The summed E-state index contributed by atoms with van der Waals surface area (Å²) >= 11 is 0. The van der Waals surface area contributed by atoms with Gasteiger partial charge in [-0.05, 0) is 87.7 Å². The third-order valence-corrected chi connectivity index (χ3v) is 5.58. The molecule has 146 valence electrons. The van der Waals surface area contributed by atoms with Gasteiger partial charge in [-0.1, -0.05) is 24.3 Å². The predicted octanol–water partition coefficient (Wildman–Crippen LogP) is 5.52. The van der Waals surface area contributed by atoms with Crippen LogP contribution in [0.1, 0.15) is 35.0 Å². The Balaban J connectivity index is 1.73. The van der Waals surface area contributed by atoms with E-state index in [1.807, 2.05) is 43.3 Å². The fourth-order valence-corrected chi connectivity index (χ4v) is 3.78. The summed E-state index contributed by atoms with van der Waals surface area (Å²) in [7, 11) is 0. The van der Waals surface area contributed by atoms with E-state index in [0.717, 1.165) is 34.0 Å². The quantitative estimate of drug-likeness (QED) is 0.549. The Morgan fingerprint density at radius 2 is 1.55 bits per heavy atom. The number of benzene rings is 2. The first kappa shape index (κ1) is 18.9. The van der Waals surface area contributed by atoms with E-state index < -0.39 is 0 Å². The number of hydrogen-bond donors (Lipinski definition) is 0. The van der Waals surface area contributed by atoms with Crippen molar-refractivity contribution in [2.75, 3.05) is 5.01 Å². The molecule has 4 rings (SSSR count). The van der Waals surface area contributed by atoms with Crippen molar-refractivity contribution in [3.63, 3.8) is 0 Å². The molecule has 0 saturated heterocycles. The van der Waals surface area contributed by atoms with Gasteiger partial charge in [0.1, 0.15) is 0 Å². The number of amides is 1. The number of aromatic nitrogens is 1. The maximum Gasteiger partial charge on any atom is 0.280 e. The van der Waals surface area contributed by atoms with Crippen LogP contribution in [0.4, 0.5) is 5.69 Å². The first-order chi connectivity index (χ1) is 13.9. The first-order valence-corrected chi connectivity index (χ1v) is 9.80. The lowest BCUT2D eigenvalue weighted by atomic mass is 10.1. The van der Waals surface area contributed by atoms with Gasteiger partial charge in [0.15, 0.2) is 0 Å². The second-order valence-electron chi connectivity index (χ2n) is 7.63. The van der Waals surface area contributed by atoms with Gasteiger partial charge < -0.3 is 4.57 Å². The molecule has 0 aliphatic carbocycles. The summed E-state index contributed by atoms with van der Waals surface area (Å²) in [4.78, 5) is 13.0. The van der Waals surface area contributed by atoms with E-state index in [4.69, 9.17) is 0 Å². The van der Waals surface area contributed by atoms with Crippen LogP contribution in [-0.2, 0) is 4.79 Å². The summed E-state index contributed by atoms with van der Waals surface area (Å²) in [5.41, 5.74) is 9.11. The maximum atomic E-state index is 13.0. The fraction of sp³-hybridized carbons (Fsp3) is 0.200. The van der Waals surface area contributed by atoms with Crippen molar-refractivity contribution in [2.24, 2.45) is 5.10 Å². The topological polar surface area (TPSA) is 37.6 Å². The molecule has 2 heterocycles. The van der Waals surface area contributed by atoms with Crippen molar-refractivity contribution >= 4 is 23.4 Å². The Kier molecular flexibility index (Phi) is 4.71. The molecule has 0 spiro atoms. The van der Waals surface area contributed by atoms with E-state index in [1.54, 1.807) is 0 Å². The molecule has 3 aromatic rings. The van der Waals surface area contributed by atoms with Gasteiger partial charge in [-0.25, -0.2) is 0 Å². The molecular formula is C25H25N3O. The molecule has 0 bridgehead atoms. The van der Waals surface area contributed by atoms with Crippen LogP contribution in [-0.4, -0.2) is 16.2 Å². The van der Waals surface area contributed by atoms with Gasteiger partial charge in [0.2, 0.25) is 0 Å². The summed E-state index contributed by atoms with van der Waals surface area (Å²) in [5.74, 6) is -0.0929. The van der Waals surface area contributed by atoms with Crippen LogP contribution in [0.15, 0.2) is 65.3 Å². The Labute approximate surface area is 171 Å². The van der Waals surface area contributed by atoms with Crippen LogP contribution in [0.25, 0.3) is 11.8 Å². The lowest BCUT2D eigenvalue weighted by Crippen LogP contribution is -2.21. The van der Waals surface area contributed by atoms with Crippen molar-refractivity contribution in [1.29, 1.82) is 0 Å². The van der Waals surface area contributed by atoms with Gasteiger partial charge in [-0.3, -0.25) is 4.79 Å². The van der Waals surface area contributed by atoms with E-state index in [-0.39, 0.29) is 5.91 Å². The zero-order valence-electron chi connectivity index (χ0n) is 17.5. The molecular weight excluding hydrogens is 358 g/mol. The molecule has 0 fully saturated rings. The van der Waals surface area contributed by atoms with E-state index in [9.17, 15) is 4.79 Å². The standard InChI is InChI=1S/C25H25N3O/c1-16-11-12-23(13-17(16)2)27-18(3)14-21(20(27)5)15-24-19(4)26-28(25(24)29)22-9-7-6-8-10-22/h6-15H,1-5H3/b24-15+. The van der Waals surface area contributed by atoms with Crippen LogP contribution in [0.5, 0.6) is 0 Å². The third-order valence-electron chi connectivity index (χ3n) is 5.58. The highest BCUT2D eigenvalue weighted by Crippen LogP contribution is 2.28. The lowest BCUT2D eigenvalue weighted by Gasteiger charge is -2.12. The highest BCUT2D eigenvalue weighted by Gasteiger charge is 2.29. The molecule has 0 atom stereocenters. The molecule has 1 aliphatic heterocycles. The summed E-state index contributed by atoms with van der Waals surface area (Å²) in [6.45, 7) is 10.3. The van der Waals surface area contributed by atoms with Crippen LogP contribution < -0.4 is 5.01 Å². The summed E-state index contributed by atoms with van der Waals surface area (Å²) < 4.78 is 2.24. The molecule has 0 saturated carbocycles. The minimum atomic E-state index is -0.0929. The Hall–Kier alpha value is -3.40. The van der Waals surface area contributed by atoms with Gasteiger partial charge in [-0.2, -0.15) is 10.1 Å². The van der Waals surface area contributed by atoms with Crippen molar-refractivity contribution in [1.82, 2.24) is 4.57 Å². The Morgan fingerprint density at radius 1 is 0.828 bits per heavy atom. The SMILES string of the molecule is CC1=NN(c2ccccc2)C(=O)/C1=C/c1cc(C)n(-c2ccc(C)c(C)c2)c1C. The summed E-state index contributed by atoms with van der Waals surface area (Å²) in [6, 6.07) is 18.2. The lowest BCUT2D eigenvalue weighted by molar-refractivity contribution is -0.114. The average Bonchev–Trinajstić information content (AvgIpc) is 3.15. The molecule has 1 aromatic heterocycles. The zero-order valence-corrected chi connectivity index (χ0v) is 17.5. The number of anilines is 1. The van der Waals surface area contributed by atoms with Gasteiger partial charge in [0.05, 0.1) is 17.0 Å². The molecule has 4 heteroatoms. The van der Waals surface area contributed by atoms with E-state index >= 15 is 0 Å².